The first-order chi connectivity index (χ1) is 7.83. The summed E-state index contributed by atoms with van der Waals surface area (Å²) in [4.78, 5) is 0. The van der Waals surface area contributed by atoms with Gasteiger partial charge in [-0.15, -0.1) is 0 Å². The normalized spacial score (nSPS) is 9.75. The van der Waals surface area contributed by atoms with Crippen molar-refractivity contribution < 1.29 is 10.2 Å². The minimum Gasteiger partial charge on any atom is -0.515 e. The Morgan fingerprint density at radius 1 is 0.562 bits per heavy atom. The topological polar surface area (TPSA) is 40.5 Å². The second-order valence-corrected chi connectivity index (χ2v) is 3.50. The van der Waals surface area contributed by atoms with Crippen LogP contribution in [0.3, 0.4) is 0 Å². The molecule has 0 spiro atoms. The maximum absolute atomic E-state index is 8.81. The lowest BCUT2D eigenvalue weighted by Crippen LogP contribution is -1.98. The van der Waals surface area contributed by atoms with E-state index < -0.39 is 0 Å². The first-order valence-corrected chi connectivity index (χ1v) is 4.99. The van der Waals surface area contributed by atoms with Crippen LogP contribution < -0.4 is 10.4 Å². The summed E-state index contributed by atoms with van der Waals surface area (Å²) in [5, 5.41) is 21.3. The highest BCUT2D eigenvalue weighted by Gasteiger charge is 1.84. The molecule has 2 aromatic carbocycles. The Labute approximate surface area is 92.7 Å². The van der Waals surface area contributed by atoms with Crippen LogP contribution >= 0.6 is 0 Å². The highest BCUT2D eigenvalue weighted by Crippen LogP contribution is 1.92. The molecule has 0 aromatic heterocycles. The van der Waals surface area contributed by atoms with E-state index in [0.29, 0.717) is 0 Å². The number of rotatable bonds is 0. The van der Waals surface area contributed by atoms with Gasteiger partial charge >= 0.3 is 0 Å². The van der Waals surface area contributed by atoms with Crippen molar-refractivity contribution >= 4 is 12.5 Å². The summed E-state index contributed by atoms with van der Waals surface area (Å²) < 4.78 is 0. The molecule has 0 aliphatic rings. The minimum atomic E-state index is 0.782. The molecule has 0 atom stereocenters. The maximum Gasteiger partial charge on any atom is 0.0864 e. The van der Waals surface area contributed by atoms with Gasteiger partial charge in [-0.1, -0.05) is 48.5 Å². The number of aliphatic hydroxyl groups excluding tert-OH is 2. The molecule has 2 heteroatoms. The lowest BCUT2D eigenvalue weighted by Gasteiger charge is -1.89. The summed E-state index contributed by atoms with van der Waals surface area (Å²) in [6, 6.07) is 15.2. The van der Waals surface area contributed by atoms with Crippen LogP contribution in [0.15, 0.2) is 48.5 Å². The van der Waals surface area contributed by atoms with Crippen LogP contribution in [0.4, 0.5) is 0 Å². The van der Waals surface area contributed by atoms with Crippen molar-refractivity contribution in [1.82, 2.24) is 0 Å². The van der Waals surface area contributed by atoms with Crippen molar-refractivity contribution in [1.29, 1.82) is 0 Å². The third kappa shape index (κ3) is 2.06. The summed E-state index contributed by atoms with van der Waals surface area (Å²) >= 11 is 0. The Morgan fingerprint density at radius 2 is 0.875 bits per heavy atom. The van der Waals surface area contributed by atoms with Crippen LogP contribution in [0.1, 0.15) is 0 Å². The Kier molecular flexibility index (Phi) is 2.92. The van der Waals surface area contributed by atoms with E-state index in [4.69, 9.17) is 10.2 Å². The molecule has 0 saturated heterocycles. The molecule has 80 valence electrons. The molecule has 0 amide bonds. The second-order valence-electron chi connectivity index (χ2n) is 3.50. The quantitative estimate of drug-likeness (QED) is 0.695. The predicted octanol–water partition coefficient (Wildman–Crippen LogP) is 1.57. The molecular formula is C14H12O2. The van der Waals surface area contributed by atoms with Gasteiger partial charge < -0.3 is 10.2 Å². The third-order valence-corrected chi connectivity index (χ3v) is 2.45. The first-order valence-electron chi connectivity index (χ1n) is 4.99. The minimum absolute atomic E-state index is 0.782. The SMILES string of the molecule is OC=c1ccc(=c2ccc(=CO)cc2)cc1. The number of hydrogen-bond donors (Lipinski definition) is 2. The molecular weight excluding hydrogens is 200 g/mol. The van der Waals surface area contributed by atoms with Crippen LogP contribution in [0.25, 0.3) is 12.5 Å². The zero-order valence-electron chi connectivity index (χ0n) is 8.67. The average Bonchev–Trinajstić information content (AvgIpc) is 2.39. The Balaban J connectivity index is 2.70. The van der Waals surface area contributed by atoms with Crippen LogP contribution in [0, 0.1) is 10.4 Å². The first kappa shape index (κ1) is 10.3. The Bertz CT molecular complexity index is 579. The van der Waals surface area contributed by atoms with Gasteiger partial charge in [0.05, 0.1) is 12.5 Å². The Morgan fingerprint density at radius 3 is 1.12 bits per heavy atom. The fourth-order valence-electron chi connectivity index (χ4n) is 1.52. The fraction of sp³-hybridized carbons (Fsp3) is 0. The molecule has 0 heterocycles. The molecule has 0 aliphatic heterocycles. The van der Waals surface area contributed by atoms with E-state index in [9.17, 15) is 0 Å². The van der Waals surface area contributed by atoms with Gasteiger partial charge in [0.15, 0.2) is 0 Å². The molecule has 2 nitrogen and oxygen atoms in total. The van der Waals surface area contributed by atoms with Gasteiger partial charge in [0.2, 0.25) is 0 Å². The summed E-state index contributed by atoms with van der Waals surface area (Å²) in [7, 11) is 0. The highest BCUT2D eigenvalue weighted by molar-refractivity contribution is 5.21. The van der Waals surface area contributed by atoms with Gasteiger partial charge in [0.1, 0.15) is 0 Å². The van der Waals surface area contributed by atoms with E-state index in [1.54, 1.807) is 0 Å². The van der Waals surface area contributed by atoms with Crippen molar-refractivity contribution in [3.8, 4) is 0 Å². The van der Waals surface area contributed by atoms with Gasteiger partial charge in [-0.05, 0) is 10.4 Å². The van der Waals surface area contributed by atoms with Crippen LogP contribution in [0.5, 0.6) is 0 Å². The van der Waals surface area contributed by atoms with Crippen LogP contribution in [-0.4, -0.2) is 10.2 Å². The van der Waals surface area contributed by atoms with Crippen LogP contribution in [-0.2, 0) is 0 Å². The largest absolute Gasteiger partial charge is 0.515 e. The number of benzene rings is 2. The van der Waals surface area contributed by atoms with Crippen LogP contribution in [0.2, 0.25) is 0 Å². The summed E-state index contributed by atoms with van der Waals surface area (Å²) in [5.41, 5.74) is 0. The molecule has 0 unspecified atom stereocenters. The zero-order valence-corrected chi connectivity index (χ0v) is 8.67. The molecule has 2 aromatic rings. The molecule has 0 saturated carbocycles. The predicted molar refractivity (Wildman–Crippen MR) is 64.0 cm³/mol. The lowest BCUT2D eigenvalue weighted by atomic mass is 10.2. The van der Waals surface area contributed by atoms with Gasteiger partial charge in [0.25, 0.3) is 0 Å². The van der Waals surface area contributed by atoms with E-state index in [2.05, 4.69) is 0 Å². The summed E-state index contributed by atoms with van der Waals surface area (Å²) in [6.45, 7) is 0. The molecule has 2 N–H and O–H groups in total. The van der Waals surface area contributed by atoms with Crippen molar-refractivity contribution in [3.05, 3.63) is 69.4 Å². The summed E-state index contributed by atoms with van der Waals surface area (Å²) in [6.07, 6.45) is 2.15. The molecule has 0 radical (unpaired) electrons. The van der Waals surface area contributed by atoms with Crippen molar-refractivity contribution in [2.45, 2.75) is 0 Å². The maximum atomic E-state index is 8.81. The van der Waals surface area contributed by atoms with E-state index in [1.165, 1.54) is 0 Å². The summed E-state index contributed by atoms with van der Waals surface area (Å²) in [5.74, 6) is 0. The van der Waals surface area contributed by atoms with Crippen molar-refractivity contribution in [2.24, 2.45) is 0 Å². The molecule has 16 heavy (non-hydrogen) atoms. The molecule has 0 aliphatic carbocycles. The van der Waals surface area contributed by atoms with E-state index in [0.717, 1.165) is 33.4 Å². The number of hydrogen-bond acceptors (Lipinski definition) is 2. The van der Waals surface area contributed by atoms with Crippen molar-refractivity contribution in [2.75, 3.05) is 0 Å². The fourth-order valence-corrected chi connectivity index (χ4v) is 1.52. The highest BCUT2D eigenvalue weighted by atomic mass is 16.2. The average molecular weight is 212 g/mol. The number of aliphatic hydroxyl groups is 2. The van der Waals surface area contributed by atoms with E-state index in [1.807, 2.05) is 48.5 Å². The van der Waals surface area contributed by atoms with Crippen molar-refractivity contribution in [3.63, 3.8) is 0 Å². The smallest absolute Gasteiger partial charge is 0.0864 e. The van der Waals surface area contributed by atoms with E-state index in [-0.39, 0.29) is 0 Å². The molecule has 0 fully saturated rings. The molecule has 0 bridgehead atoms. The zero-order chi connectivity index (χ0) is 11.4. The van der Waals surface area contributed by atoms with E-state index >= 15 is 0 Å². The monoisotopic (exact) mass is 212 g/mol. The van der Waals surface area contributed by atoms with Gasteiger partial charge in [-0.25, -0.2) is 0 Å². The Hall–Kier alpha value is -2.22. The van der Waals surface area contributed by atoms with Gasteiger partial charge in [-0.2, -0.15) is 0 Å². The lowest BCUT2D eigenvalue weighted by molar-refractivity contribution is 0.539. The molecule has 2 rings (SSSR count). The third-order valence-electron chi connectivity index (χ3n) is 2.45. The standard InChI is InChI=1S/C14H12O2/c15-9-11-1-5-13(6-2-11)14-7-3-12(10-16)4-8-14/h1-10,15-16H. The second kappa shape index (κ2) is 4.53. The van der Waals surface area contributed by atoms with Gasteiger partial charge in [-0.3, -0.25) is 0 Å². The van der Waals surface area contributed by atoms with Gasteiger partial charge in [0, 0.05) is 10.4 Å².